The van der Waals surface area contributed by atoms with Gasteiger partial charge in [0.25, 0.3) is 0 Å². The molecule has 1 aromatic carbocycles. The van der Waals surface area contributed by atoms with Gasteiger partial charge in [-0.25, -0.2) is 9.79 Å². The van der Waals surface area contributed by atoms with Crippen molar-refractivity contribution in [3.05, 3.63) is 60.2 Å². The van der Waals surface area contributed by atoms with E-state index in [0.29, 0.717) is 5.90 Å². The van der Waals surface area contributed by atoms with Crippen LogP contribution < -0.4 is 0 Å². The van der Waals surface area contributed by atoms with Gasteiger partial charge in [-0.05, 0) is 24.6 Å². The van der Waals surface area contributed by atoms with E-state index in [2.05, 4.69) is 4.99 Å². The van der Waals surface area contributed by atoms with Crippen molar-refractivity contribution in [1.29, 1.82) is 0 Å². The van der Waals surface area contributed by atoms with E-state index in [1.165, 1.54) is 19.1 Å². The first-order valence-corrected chi connectivity index (χ1v) is 8.06. The maximum absolute atomic E-state index is 11.8. The summed E-state index contributed by atoms with van der Waals surface area (Å²) in [5.41, 5.74) is 0.905. The summed E-state index contributed by atoms with van der Waals surface area (Å²) >= 11 is 0. The zero-order valence-corrected chi connectivity index (χ0v) is 14.0. The molecule has 6 nitrogen and oxygen atoms in total. The Morgan fingerprint density at radius 3 is 2.68 bits per heavy atom. The molecular weight excluding hydrogens is 322 g/mol. The molecule has 2 heterocycles. The fourth-order valence-electron chi connectivity index (χ4n) is 2.91. The molecule has 6 heteroatoms. The average Bonchev–Trinajstić information content (AvgIpc) is 3.01. The zero-order chi connectivity index (χ0) is 17.8. The number of nitrogens with zero attached hydrogens (tertiary/aromatic N) is 1. The Balaban J connectivity index is 1.95. The minimum atomic E-state index is -0.755. The molecule has 0 saturated carbocycles. The summed E-state index contributed by atoms with van der Waals surface area (Å²) in [7, 11) is 0. The minimum absolute atomic E-state index is 0.435. The lowest BCUT2D eigenvalue weighted by Crippen LogP contribution is -2.45. The number of esters is 2. The molecule has 1 aromatic rings. The molecule has 4 atom stereocenters. The summed E-state index contributed by atoms with van der Waals surface area (Å²) < 4.78 is 16.7. The molecule has 0 unspecified atom stereocenters. The predicted octanol–water partition coefficient (Wildman–Crippen LogP) is 2.51. The molecule has 0 spiro atoms. The second kappa shape index (κ2) is 7.34. The van der Waals surface area contributed by atoms with Crippen LogP contribution in [0.3, 0.4) is 0 Å². The highest BCUT2D eigenvalue weighted by atomic mass is 16.6. The Morgan fingerprint density at radius 2 is 2.00 bits per heavy atom. The number of allylic oxidation sites excluding steroid dienone is 1. The molecule has 0 N–H and O–H groups in total. The Bertz CT molecular complexity index is 737. The Morgan fingerprint density at radius 1 is 1.24 bits per heavy atom. The summed E-state index contributed by atoms with van der Waals surface area (Å²) in [6.45, 7) is 3.18. The van der Waals surface area contributed by atoms with E-state index < -0.39 is 36.3 Å². The van der Waals surface area contributed by atoms with Crippen LogP contribution >= 0.6 is 0 Å². The second-order valence-electron chi connectivity index (χ2n) is 5.74. The fourth-order valence-corrected chi connectivity index (χ4v) is 2.91. The molecular formula is C19H19NO5. The number of hydrogen-bond donors (Lipinski definition) is 0. The molecule has 0 bridgehead atoms. The van der Waals surface area contributed by atoms with E-state index in [9.17, 15) is 9.59 Å². The molecule has 25 heavy (non-hydrogen) atoms. The van der Waals surface area contributed by atoms with E-state index in [0.717, 1.165) is 5.56 Å². The Labute approximate surface area is 145 Å². The van der Waals surface area contributed by atoms with Crippen molar-refractivity contribution in [3.8, 4) is 0 Å². The first-order valence-electron chi connectivity index (χ1n) is 8.06. The van der Waals surface area contributed by atoms with E-state index in [4.69, 9.17) is 14.2 Å². The van der Waals surface area contributed by atoms with Gasteiger partial charge in [0.15, 0.2) is 18.3 Å². The van der Waals surface area contributed by atoms with E-state index >= 15 is 0 Å². The summed E-state index contributed by atoms with van der Waals surface area (Å²) in [5.74, 6) is -0.492. The largest absolute Gasteiger partial charge is 0.467 e. The van der Waals surface area contributed by atoms with Crippen molar-refractivity contribution in [2.75, 3.05) is 0 Å². The van der Waals surface area contributed by atoms with Crippen LogP contribution in [0.15, 0.2) is 59.6 Å². The molecule has 130 valence electrons. The van der Waals surface area contributed by atoms with Gasteiger partial charge in [0, 0.05) is 13.0 Å². The highest BCUT2D eigenvalue weighted by molar-refractivity contribution is 5.89. The molecule has 0 saturated heterocycles. The third-order valence-corrected chi connectivity index (χ3v) is 3.91. The number of carbonyl (C=O) groups excluding carboxylic acids is 2. The first kappa shape index (κ1) is 17.0. The summed E-state index contributed by atoms with van der Waals surface area (Å²) in [6, 6.07) is 9.04. The van der Waals surface area contributed by atoms with Crippen molar-refractivity contribution in [3.63, 3.8) is 0 Å². The van der Waals surface area contributed by atoms with E-state index in [1.807, 2.05) is 43.3 Å². The van der Waals surface area contributed by atoms with E-state index in [-0.39, 0.29) is 0 Å². The van der Waals surface area contributed by atoms with Gasteiger partial charge in [-0.15, -0.1) is 0 Å². The van der Waals surface area contributed by atoms with Gasteiger partial charge >= 0.3 is 11.9 Å². The Kier molecular flexibility index (Phi) is 4.97. The third kappa shape index (κ3) is 3.79. The lowest BCUT2D eigenvalue weighted by Gasteiger charge is -2.31. The number of cyclic esters (lactones) is 1. The van der Waals surface area contributed by atoms with Crippen LogP contribution in [-0.4, -0.2) is 36.1 Å². The minimum Gasteiger partial charge on any atom is -0.467 e. The Hall–Kier alpha value is -2.89. The fraction of sp³-hybridized carbons (Fsp3) is 0.316. The van der Waals surface area contributed by atoms with Gasteiger partial charge in [-0.1, -0.05) is 36.4 Å². The maximum Gasteiger partial charge on any atom is 0.331 e. The number of hydrogen-bond acceptors (Lipinski definition) is 6. The molecule has 0 radical (unpaired) electrons. The third-order valence-electron chi connectivity index (χ3n) is 3.91. The lowest BCUT2D eigenvalue weighted by molar-refractivity contribution is -0.165. The standard InChI is InChI=1S/C19H19NO5/c1-3-7-15-20-17(18(24-15)13-8-5-4-6-9-13)19-14(23-12(2)21)10-11-16(22)25-19/h3-11,14,17-19H,1-2H3/b7-3+/t14-,17-,18+,19-/m0/s1. The molecule has 2 aliphatic rings. The van der Waals surface area contributed by atoms with Crippen LogP contribution in [0.25, 0.3) is 0 Å². The normalized spacial score (nSPS) is 28.4. The van der Waals surface area contributed by atoms with Crippen molar-refractivity contribution in [2.45, 2.75) is 38.2 Å². The monoisotopic (exact) mass is 341 g/mol. The van der Waals surface area contributed by atoms with Crippen molar-refractivity contribution in [1.82, 2.24) is 0 Å². The van der Waals surface area contributed by atoms with Gasteiger partial charge in [-0.2, -0.15) is 0 Å². The number of carbonyl (C=O) groups is 2. The molecule has 3 rings (SSSR count). The molecule has 0 fully saturated rings. The quantitative estimate of drug-likeness (QED) is 0.787. The summed E-state index contributed by atoms with van der Waals surface area (Å²) in [6.07, 6.45) is 4.46. The predicted molar refractivity (Wildman–Crippen MR) is 90.9 cm³/mol. The lowest BCUT2D eigenvalue weighted by atomic mass is 9.94. The van der Waals surface area contributed by atoms with E-state index in [1.54, 1.807) is 6.08 Å². The summed E-state index contributed by atoms with van der Waals surface area (Å²) in [4.78, 5) is 27.7. The van der Waals surface area contributed by atoms with Crippen LogP contribution in [-0.2, 0) is 23.8 Å². The number of aliphatic imine (C=N–C) groups is 1. The number of rotatable bonds is 4. The second-order valence-corrected chi connectivity index (χ2v) is 5.74. The topological polar surface area (TPSA) is 74.2 Å². The number of ether oxygens (including phenoxy) is 3. The van der Waals surface area contributed by atoms with Gasteiger partial charge in [0.05, 0.1) is 0 Å². The first-order chi connectivity index (χ1) is 12.1. The van der Waals surface area contributed by atoms with Crippen molar-refractivity contribution in [2.24, 2.45) is 4.99 Å². The highest BCUT2D eigenvalue weighted by Crippen LogP contribution is 2.35. The molecule has 0 aliphatic carbocycles. The highest BCUT2D eigenvalue weighted by Gasteiger charge is 2.45. The van der Waals surface area contributed by atoms with Crippen LogP contribution in [0.4, 0.5) is 0 Å². The van der Waals surface area contributed by atoms with Crippen LogP contribution in [0, 0.1) is 0 Å². The van der Waals surface area contributed by atoms with Crippen LogP contribution in [0.2, 0.25) is 0 Å². The number of benzene rings is 1. The smallest absolute Gasteiger partial charge is 0.331 e. The molecule has 2 aliphatic heterocycles. The molecule has 0 amide bonds. The van der Waals surface area contributed by atoms with Crippen molar-refractivity contribution < 1.29 is 23.8 Å². The van der Waals surface area contributed by atoms with Gasteiger partial charge < -0.3 is 14.2 Å². The molecule has 0 aromatic heterocycles. The SMILES string of the molecule is C/C=C/C1=N[C@H]([C@H]2OC(=O)C=C[C@@H]2OC(C)=O)[C@@H](c2ccccc2)O1. The van der Waals surface area contributed by atoms with Gasteiger partial charge in [-0.3, -0.25) is 4.79 Å². The maximum atomic E-state index is 11.8. The van der Waals surface area contributed by atoms with Gasteiger partial charge in [0.1, 0.15) is 6.04 Å². The average molecular weight is 341 g/mol. The van der Waals surface area contributed by atoms with Crippen LogP contribution in [0.5, 0.6) is 0 Å². The van der Waals surface area contributed by atoms with Gasteiger partial charge in [0.2, 0.25) is 5.90 Å². The zero-order valence-electron chi connectivity index (χ0n) is 14.0. The van der Waals surface area contributed by atoms with Crippen LogP contribution in [0.1, 0.15) is 25.5 Å². The summed E-state index contributed by atoms with van der Waals surface area (Å²) in [5, 5.41) is 0. The van der Waals surface area contributed by atoms with Crippen molar-refractivity contribution >= 4 is 17.8 Å².